The van der Waals surface area contributed by atoms with E-state index in [2.05, 4.69) is 5.32 Å². The van der Waals surface area contributed by atoms with E-state index in [9.17, 15) is 14.0 Å². The molecule has 1 amide bonds. The predicted octanol–water partition coefficient (Wildman–Crippen LogP) is 1.07. The Bertz CT molecular complexity index is 521. The third kappa shape index (κ3) is 5.69. The van der Waals surface area contributed by atoms with Gasteiger partial charge in [-0.1, -0.05) is 6.07 Å². The normalized spacial score (nSPS) is 11.6. The lowest BCUT2D eigenvalue weighted by molar-refractivity contribution is -0.154. The smallest absolute Gasteiger partial charge is 0.311 e. The molecule has 22 heavy (non-hydrogen) atoms. The first kappa shape index (κ1) is 17.9. The van der Waals surface area contributed by atoms with Gasteiger partial charge in [-0.25, -0.2) is 4.39 Å². The van der Waals surface area contributed by atoms with Crippen LogP contribution in [0.3, 0.4) is 0 Å². The van der Waals surface area contributed by atoms with Crippen molar-refractivity contribution in [1.82, 2.24) is 5.32 Å². The number of amides is 1. The number of benzene rings is 1. The Labute approximate surface area is 128 Å². The molecule has 0 spiro atoms. The van der Waals surface area contributed by atoms with Gasteiger partial charge in [-0.2, -0.15) is 0 Å². The minimum atomic E-state index is -0.924. The number of carbonyl (C=O) groups is 2. The van der Waals surface area contributed by atoms with Crippen LogP contribution in [0.25, 0.3) is 0 Å². The van der Waals surface area contributed by atoms with Crippen molar-refractivity contribution in [1.29, 1.82) is 0 Å². The number of carbonyl (C=O) groups excluding carboxylic acids is 2. The zero-order valence-corrected chi connectivity index (χ0v) is 12.8. The first-order chi connectivity index (χ1) is 10.5. The van der Waals surface area contributed by atoms with Crippen molar-refractivity contribution in [2.75, 3.05) is 27.4 Å². The molecular weight excluding hydrogens is 293 g/mol. The molecule has 0 bridgehead atoms. The summed E-state index contributed by atoms with van der Waals surface area (Å²) in [7, 11) is 2.87. The molecule has 0 aliphatic carbocycles. The van der Waals surface area contributed by atoms with E-state index in [-0.39, 0.29) is 12.2 Å². The molecule has 7 heteroatoms. The fraction of sp³-hybridized carbons (Fsp3) is 0.467. The van der Waals surface area contributed by atoms with Crippen LogP contribution in [0, 0.1) is 5.82 Å². The third-order valence-corrected chi connectivity index (χ3v) is 2.85. The number of rotatable bonds is 8. The van der Waals surface area contributed by atoms with Crippen molar-refractivity contribution < 1.29 is 28.2 Å². The van der Waals surface area contributed by atoms with Crippen LogP contribution in [0.4, 0.5) is 4.39 Å². The molecule has 0 fully saturated rings. The van der Waals surface area contributed by atoms with Gasteiger partial charge in [-0.15, -0.1) is 0 Å². The number of halogens is 1. The minimum Gasteiger partial charge on any atom is -0.494 e. The Balaban J connectivity index is 2.48. The highest BCUT2D eigenvalue weighted by Crippen LogP contribution is 2.18. The maximum Gasteiger partial charge on any atom is 0.311 e. The van der Waals surface area contributed by atoms with Gasteiger partial charge < -0.3 is 19.5 Å². The zero-order valence-electron chi connectivity index (χ0n) is 12.8. The van der Waals surface area contributed by atoms with E-state index >= 15 is 0 Å². The third-order valence-electron chi connectivity index (χ3n) is 2.85. The lowest BCUT2D eigenvalue weighted by Crippen LogP contribution is -2.37. The molecule has 1 aromatic carbocycles. The van der Waals surface area contributed by atoms with E-state index < -0.39 is 23.8 Å². The van der Waals surface area contributed by atoms with Crippen LogP contribution in [-0.4, -0.2) is 45.4 Å². The van der Waals surface area contributed by atoms with Gasteiger partial charge in [0.1, 0.15) is 0 Å². The van der Waals surface area contributed by atoms with Crippen molar-refractivity contribution >= 4 is 11.9 Å². The van der Waals surface area contributed by atoms with Gasteiger partial charge in [0.2, 0.25) is 0 Å². The van der Waals surface area contributed by atoms with E-state index in [1.165, 1.54) is 33.3 Å². The van der Waals surface area contributed by atoms with Crippen LogP contribution in [0.2, 0.25) is 0 Å². The SMILES string of the molecule is COCCNC(=O)[C@H](C)OC(=O)Cc1ccc(OC)c(F)c1. The van der Waals surface area contributed by atoms with E-state index in [0.29, 0.717) is 18.7 Å². The van der Waals surface area contributed by atoms with Crippen LogP contribution in [0.15, 0.2) is 18.2 Å². The molecule has 1 N–H and O–H groups in total. The van der Waals surface area contributed by atoms with Crippen molar-refractivity contribution in [2.45, 2.75) is 19.4 Å². The Morgan fingerprint density at radius 3 is 2.64 bits per heavy atom. The van der Waals surface area contributed by atoms with Crippen molar-refractivity contribution in [3.05, 3.63) is 29.6 Å². The Morgan fingerprint density at radius 1 is 1.32 bits per heavy atom. The molecule has 6 nitrogen and oxygen atoms in total. The fourth-order valence-electron chi connectivity index (χ4n) is 1.70. The molecular formula is C15H20FNO5. The van der Waals surface area contributed by atoms with E-state index in [4.69, 9.17) is 14.2 Å². The lowest BCUT2D eigenvalue weighted by atomic mass is 10.1. The van der Waals surface area contributed by atoms with E-state index in [1.807, 2.05) is 0 Å². The second-order valence-electron chi connectivity index (χ2n) is 4.56. The highest BCUT2D eigenvalue weighted by Gasteiger charge is 2.18. The molecule has 122 valence electrons. The maximum atomic E-state index is 13.5. The van der Waals surface area contributed by atoms with Crippen molar-refractivity contribution in [3.63, 3.8) is 0 Å². The average Bonchev–Trinajstić information content (AvgIpc) is 2.47. The second kappa shape index (κ2) is 8.99. The molecule has 0 aliphatic heterocycles. The van der Waals surface area contributed by atoms with Gasteiger partial charge in [0.25, 0.3) is 5.91 Å². The predicted molar refractivity (Wildman–Crippen MR) is 77.1 cm³/mol. The average molecular weight is 313 g/mol. The van der Waals surface area contributed by atoms with Crippen molar-refractivity contribution in [2.24, 2.45) is 0 Å². The summed E-state index contributed by atoms with van der Waals surface area (Å²) >= 11 is 0. The number of methoxy groups -OCH3 is 2. The van der Waals surface area contributed by atoms with Crippen molar-refractivity contribution in [3.8, 4) is 5.75 Å². The number of esters is 1. The highest BCUT2D eigenvalue weighted by atomic mass is 19.1. The van der Waals surface area contributed by atoms with Crippen LogP contribution >= 0.6 is 0 Å². The summed E-state index contributed by atoms with van der Waals surface area (Å²) in [4.78, 5) is 23.4. The molecule has 0 heterocycles. The topological polar surface area (TPSA) is 73.9 Å². The molecule has 1 aromatic rings. The molecule has 1 atom stereocenters. The monoisotopic (exact) mass is 313 g/mol. The second-order valence-corrected chi connectivity index (χ2v) is 4.56. The van der Waals surface area contributed by atoms with Crippen LogP contribution in [0.1, 0.15) is 12.5 Å². The largest absolute Gasteiger partial charge is 0.494 e. The van der Waals surface area contributed by atoms with Gasteiger partial charge in [0.15, 0.2) is 17.7 Å². The van der Waals surface area contributed by atoms with Gasteiger partial charge in [-0.3, -0.25) is 9.59 Å². The zero-order chi connectivity index (χ0) is 16.5. The number of hydrogen-bond donors (Lipinski definition) is 1. The van der Waals surface area contributed by atoms with Crippen LogP contribution < -0.4 is 10.1 Å². The first-order valence-electron chi connectivity index (χ1n) is 6.76. The lowest BCUT2D eigenvalue weighted by Gasteiger charge is -2.13. The Hall–Kier alpha value is -2.15. The summed E-state index contributed by atoms with van der Waals surface area (Å²) in [5, 5.41) is 2.56. The number of nitrogens with one attached hydrogen (secondary N) is 1. The summed E-state index contributed by atoms with van der Waals surface area (Å²) in [6, 6.07) is 4.19. The first-order valence-corrected chi connectivity index (χ1v) is 6.76. The maximum absolute atomic E-state index is 13.5. The molecule has 0 radical (unpaired) electrons. The fourth-order valence-corrected chi connectivity index (χ4v) is 1.70. The molecule has 0 unspecified atom stereocenters. The summed E-state index contributed by atoms with van der Waals surface area (Å²) in [6.07, 6.45) is -1.05. The minimum absolute atomic E-state index is 0.100. The molecule has 0 saturated carbocycles. The Morgan fingerprint density at radius 2 is 2.05 bits per heavy atom. The van der Waals surface area contributed by atoms with Gasteiger partial charge in [0.05, 0.1) is 20.1 Å². The van der Waals surface area contributed by atoms with Crippen LogP contribution in [-0.2, 0) is 25.5 Å². The molecule has 1 rings (SSSR count). The summed E-state index contributed by atoms with van der Waals surface area (Å²) in [5.41, 5.74) is 0.440. The highest BCUT2D eigenvalue weighted by molar-refractivity contribution is 5.83. The van der Waals surface area contributed by atoms with Gasteiger partial charge in [-0.05, 0) is 24.6 Å². The number of hydrogen-bond acceptors (Lipinski definition) is 5. The number of ether oxygens (including phenoxy) is 3. The van der Waals surface area contributed by atoms with Gasteiger partial charge in [0, 0.05) is 13.7 Å². The summed E-state index contributed by atoms with van der Waals surface area (Å²) in [5.74, 6) is -1.48. The van der Waals surface area contributed by atoms with E-state index in [1.54, 1.807) is 6.07 Å². The molecule has 0 aromatic heterocycles. The van der Waals surface area contributed by atoms with Gasteiger partial charge >= 0.3 is 5.97 Å². The quantitative estimate of drug-likeness (QED) is 0.574. The van der Waals surface area contributed by atoms with Crippen LogP contribution in [0.5, 0.6) is 5.75 Å². The standard InChI is InChI=1S/C15H20FNO5/c1-10(15(19)17-6-7-20-2)22-14(18)9-11-4-5-13(21-3)12(16)8-11/h4-5,8,10H,6-7,9H2,1-3H3,(H,17,19)/t10-/m0/s1. The summed E-state index contributed by atoms with van der Waals surface area (Å²) < 4.78 is 28.1. The summed E-state index contributed by atoms with van der Waals surface area (Å²) in [6.45, 7) is 2.17. The Kier molecular flexibility index (Phi) is 7.31. The van der Waals surface area contributed by atoms with E-state index in [0.717, 1.165) is 0 Å². The molecule has 0 saturated heterocycles. The molecule has 0 aliphatic rings.